The van der Waals surface area contributed by atoms with Crippen molar-refractivity contribution in [2.75, 3.05) is 52.7 Å². The molecular formula is C25H32N6O3. The van der Waals surface area contributed by atoms with Crippen LogP contribution in [0.3, 0.4) is 0 Å². The molecule has 0 aliphatic carbocycles. The number of hydrogen-bond donors (Lipinski definition) is 1. The fraction of sp³-hybridized carbons (Fsp3) is 0.400. The van der Waals surface area contributed by atoms with E-state index >= 15 is 0 Å². The summed E-state index contributed by atoms with van der Waals surface area (Å²) in [6, 6.07) is 11.2. The van der Waals surface area contributed by atoms with E-state index in [4.69, 9.17) is 9.72 Å². The lowest BCUT2D eigenvalue weighted by Gasteiger charge is -2.34. The van der Waals surface area contributed by atoms with Gasteiger partial charge in [0.25, 0.3) is 5.91 Å². The maximum Gasteiger partial charge on any atom is 0.322 e. The molecule has 1 aliphatic rings. The van der Waals surface area contributed by atoms with Gasteiger partial charge in [-0.1, -0.05) is 6.07 Å². The number of nitrogens with one attached hydrogen (secondary N) is 1. The smallest absolute Gasteiger partial charge is 0.322 e. The average molecular weight is 465 g/mol. The second-order valence-electron chi connectivity index (χ2n) is 8.89. The molecular weight excluding hydrogens is 432 g/mol. The molecule has 3 amide bonds. The molecule has 9 nitrogen and oxygen atoms in total. The van der Waals surface area contributed by atoms with Gasteiger partial charge < -0.3 is 24.4 Å². The zero-order valence-electron chi connectivity index (χ0n) is 20.5. The summed E-state index contributed by atoms with van der Waals surface area (Å²) in [6.45, 7) is 5.44. The van der Waals surface area contributed by atoms with Gasteiger partial charge in [0.1, 0.15) is 11.6 Å². The molecule has 0 spiro atoms. The van der Waals surface area contributed by atoms with E-state index in [0.29, 0.717) is 36.6 Å². The molecule has 9 heteroatoms. The number of amides is 3. The Morgan fingerprint density at radius 2 is 1.82 bits per heavy atom. The number of carbonyl (C=O) groups is 2. The highest BCUT2D eigenvalue weighted by Crippen LogP contribution is 2.26. The number of piperazine rings is 1. The van der Waals surface area contributed by atoms with Crippen molar-refractivity contribution in [1.29, 1.82) is 0 Å². The Hall–Kier alpha value is -3.59. The third kappa shape index (κ3) is 4.84. The van der Waals surface area contributed by atoms with Crippen LogP contribution in [0.2, 0.25) is 0 Å². The minimum atomic E-state index is -0.121. The van der Waals surface area contributed by atoms with E-state index in [2.05, 4.69) is 14.8 Å². The summed E-state index contributed by atoms with van der Waals surface area (Å²) < 4.78 is 7.44. The van der Waals surface area contributed by atoms with Crippen LogP contribution >= 0.6 is 0 Å². The number of ether oxygens (including phenoxy) is 1. The molecule has 0 saturated carbocycles. The van der Waals surface area contributed by atoms with Gasteiger partial charge in [-0.15, -0.1) is 0 Å². The van der Waals surface area contributed by atoms with Crippen molar-refractivity contribution in [2.45, 2.75) is 13.5 Å². The lowest BCUT2D eigenvalue weighted by atomic mass is 10.2. The molecule has 0 unspecified atom stereocenters. The molecule has 4 rings (SSSR count). The van der Waals surface area contributed by atoms with E-state index in [1.54, 1.807) is 26.1 Å². The van der Waals surface area contributed by atoms with E-state index in [-0.39, 0.29) is 11.9 Å². The van der Waals surface area contributed by atoms with Gasteiger partial charge in [-0.25, -0.2) is 9.78 Å². The van der Waals surface area contributed by atoms with Crippen LogP contribution in [0.5, 0.6) is 5.75 Å². The zero-order valence-corrected chi connectivity index (χ0v) is 20.5. The Kier molecular flexibility index (Phi) is 6.74. The number of aromatic nitrogens is 2. The third-order valence-electron chi connectivity index (χ3n) is 6.25. The number of methoxy groups -OCH3 is 1. The van der Waals surface area contributed by atoms with E-state index in [9.17, 15) is 9.59 Å². The Bertz CT molecular complexity index is 1210. The summed E-state index contributed by atoms with van der Waals surface area (Å²) in [4.78, 5) is 35.6. The normalized spacial score (nSPS) is 14.3. The predicted molar refractivity (Wildman–Crippen MR) is 132 cm³/mol. The van der Waals surface area contributed by atoms with E-state index in [0.717, 1.165) is 35.5 Å². The fourth-order valence-corrected chi connectivity index (χ4v) is 4.21. The molecule has 0 atom stereocenters. The van der Waals surface area contributed by atoms with Crippen molar-refractivity contribution in [2.24, 2.45) is 7.05 Å². The molecule has 0 bridgehead atoms. The van der Waals surface area contributed by atoms with Crippen LogP contribution in [-0.4, -0.2) is 83.6 Å². The van der Waals surface area contributed by atoms with Gasteiger partial charge in [-0.2, -0.15) is 0 Å². The number of carbonyl (C=O) groups excluding carboxylic acids is 2. The molecule has 1 aliphatic heterocycles. The number of hydrogen-bond acceptors (Lipinski definition) is 5. The zero-order chi connectivity index (χ0) is 24.4. The number of anilines is 1. The number of aryl methyl sites for hydroxylation is 2. The van der Waals surface area contributed by atoms with Crippen molar-refractivity contribution in [3.05, 3.63) is 53.3 Å². The minimum Gasteiger partial charge on any atom is -0.495 e. The third-order valence-corrected chi connectivity index (χ3v) is 6.25. The molecule has 0 radical (unpaired) electrons. The molecule has 1 aromatic heterocycles. The van der Waals surface area contributed by atoms with Crippen molar-refractivity contribution < 1.29 is 14.3 Å². The van der Waals surface area contributed by atoms with Crippen LogP contribution in [-0.2, 0) is 13.6 Å². The van der Waals surface area contributed by atoms with Crippen molar-refractivity contribution in [1.82, 2.24) is 24.3 Å². The van der Waals surface area contributed by atoms with E-state index in [1.165, 1.54) is 0 Å². The number of benzene rings is 2. The number of imidazole rings is 1. The molecule has 3 aromatic rings. The van der Waals surface area contributed by atoms with Crippen LogP contribution in [0.1, 0.15) is 21.7 Å². The lowest BCUT2D eigenvalue weighted by Crippen LogP contribution is -2.49. The standard InChI is InChI=1S/C25H32N6O3/c1-17-6-9-22(34-5)20(14-17)27-25(33)31-12-10-30(11-13-31)16-23-26-19-15-18(24(32)28(2)3)7-8-21(19)29(23)4/h6-9,14-15H,10-13,16H2,1-5H3,(H,27,33). The van der Waals surface area contributed by atoms with Gasteiger partial charge in [0.15, 0.2) is 0 Å². The Labute approximate surface area is 199 Å². The quantitative estimate of drug-likeness (QED) is 0.628. The van der Waals surface area contributed by atoms with Gasteiger partial charge >= 0.3 is 6.03 Å². The first-order valence-corrected chi connectivity index (χ1v) is 11.4. The van der Waals surface area contributed by atoms with Crippen molar-refractivity contribution in [3.8, 4) is 5.75 Å². The topological polar surface area (TPSA) is 82.9 Å². The van der Waals surface area contributed by atoms with E-state index < -0.39 is 0 Å². The number of urea groups is 1. The minimum absolute atomic E-state index is 0.0354. The molecule has 2 heterocycles. The second kappa shape index (κ2) is 9.72. The largest absolute Gasteiger partial charge is 0.495 e. The van der Waals surface area contributed by atoms with Gasteiger partial charge in [-0.3, -0.25) is 9.69 Å². The summed E-state index contributed by atoms with van der Waals surface area (Å²) in [7, 11) is 7.08. The van der Waals surface area contributed by atoms with E-state index in [1.807, 2.05) is 55.3 Å². The first-order chi connectivity index (χ1) is 16.3. The number of rotatable bonds is 5. The van der Waals surface area contributed by atoms with Crippen molar-refractivity contribution >= 4 is 28.7 Å². The molecule has 1 saturated heterocycles. The molecule has 180 valence electrons. The second-order valence-corrected chi connectivity index (χ2v) is 8.89. The highest BCUT2D eigenvalue weighted by atomic mass is 16.5. The van der Waals surface area contributed by atoms with Crippen LogP contribution in [0.25, 0.3) is 11.0 Å². The lowest BCUT2D eigenvalue weighted by molar-refractivity contribution is 0.0827. The van der Waals surface area contributed by atoms with Gasteiger partial charge in [0.05, 0.1) is 30.4 Å². The molecule has 2 aromatic carbocycles. The van der Waals surface area contributed by atoms with Crippen molar-refractivity contribution in [3.63, 3.8) is 0 Å². The molecule has 1 fully saturated rings. The van der Waals surface area contributed by atoms with Gasteiger partial charge in [0, 0.05) is 52.9 Å². The Morgan fingerprint density at radius 1 is 1.09 bits per heavy atom. The predicted octanol–water partition coefficient (Wildman–Crippen LogP) is 2.94. The molecule has 34 heavy (non-hydrogen) atoms. The number of nitrogens with zero attached hydrogens (tertiary/aromatic N) is 5. The van der Waals surface area contributed by atoms with Crippen LogP contribution in [0.4, 0.5) is 10.5 Å². The van der Waals surface area contributed by atoms with Gasteiger partial charge in [-0.05, 0) is 42.8 Å². The first kappa shape index (κ1) is 23.6. The summed E-state index contributed by atoms with van der Waals surface area (Å²) in [5.41, 5.74) is 4.18. The summed E-state index contributed by atoms with van der Waals surface area (Å²) in [5, 5.41) is 2.98. The monoisotopic (exact) mass is 464 g/mol. The Balaban J connectivity index is 1.38. The maximum absolute atomic E-state index is 12.8. The average Bonchev–Trinajstić information content (AvgIpc) is 3.13. The maximum atomic E-state index is 12.8. The molecule has 1 N–H and O–H groups in total. The summed E-state index contributed by atoms with van der Waals surface area (Å²) in [6.07, 6.45) is 0. The van der Waals surface area contributed by atoms with Crippen LogP contribution in [0, 0.1) is 6.92 Å². The SMILES string of the molecule is COc1ccc(C)cc1NC(=O)N1CCN(Cc2nc3cc(C(=O)N(C)C)ccc3n2C)CC1. The summed E-state index contributed by atoms with van der Waals surface area (Å²) in [5.74, 6) is 1.55. The fourth-order valence-electron chi connectivity index (χ4n) is 4.21. The summed E-state index contributed by atoms with van der Waals surface area (Å²) >= 11 is 0. The Morgan fingerprint density at radius 3 is 2.50 bits per heavy atom. The number of fused-ring (bicyclic) bond motifs is 1. The van der Waals surface area contributed by atoms with Crippen LogP contribution in [0.15, 0.2) is 36.4 Å². The van der Waals surface area contributed by atoms with Gasteiger partial charge in [0.2, 0.25) is 0 Å². The first-order valence-electron chi connectivity index (χ1n) is 11.4. The highest BCUT2D eigenvalue weighted by molar-refractivity contribution is 5.97. The van der Waals surface area contributed by atoms with Crippen LogP contribution < -0.4 is 10.1 Å². The highest BCUT2D eigenvalue weighted by Gasteiger charge is 2.23.